The first-order valence-electron chi connectivity index (χ1n) is 11.7. The molecule has 3 aromatic heterocycles. The minimum atomic E-state index is -0.0690. The summed E-state index contributed by atoms with van der Waals surface area (Å²) in [6.07, 6.45) is 1.79. The van der Waals surface area contributed by atoms with Crippen molar-refractivity contribution in [1.82, 2.24) is 9.38 Å². The molecule has 0 amide bonds. The van der Waals surface area contributed by atoms with Gasteiger partial charge in [-0.1, -0.05) is 32.0 Å². The maximum Gasteiger partial charge on any atom is 0.259 e. The third kappa shape index (κ3) is 3.81. The van der Waals surface area contributed by atoms with Gasteiger partial charge in [-0.25, -0.2) is 4.98 Å². The first kappa shape index (κ1) is 22.4. The van der Waals surface area contributed by atoms with Gasteiger partial charge >= 0.3 is 0 Å². The van der Waals surface area contributed by atoms with Crippen LogP contribution in [0.3, 0.4) is 0 Å². The van der Waals surface area contributed by atoms with E-state index >= 15 is 0 Å². The molecule has 0 unspecified atom stereocenters. The van der Waals surface area contributed by atoms with Crippen LogP contribution in [0.2, 0.25) is 0 Å². The molecule has 1 saturated heterocycles. The van der Waals surface area contributed by atoms with Crippen LogP contribution in [-0.2, 0) is 4.74 Å². The maximum absolute atomic E-state index is 13.0. The Labute approximate surface area is 202 Å². The van der Waals surface area contributed by atoms with Gasteiger partial charge in [-0.15, -0.1) is 11.3 Å². The number of nitrogens with one attached hydrogen (secondary N) is 1. The molecule has 0 atom stereocenters. The van der Waals surface area contributed by atoms with Crippen molar-refractivity contribution in [3.63, 3.8) is 0 Å². The number of nitrogens with zero attached hydrogens (tertiary/aromatic N) is 3. The molecule has 174 valence electrons. The molecule has 2 aromatic carbocycles. The molecule has 0 spiro atoms. The molecular formula is C27H28N4O2S. The normalized spacial score (nSPS) is 13.8. The fourth-order valence-electron chi connectivity index (χ4n) is 4.44. The second-order valence-electron chi connectivity index (χ2n) is 7.91. The number of hydrogen-bond acceptors (Lipinski definition) is 6. The molecule has 34 heavy (non-hydrogen) atoms. The lowest BCUT2D eigenvalue weighted by molar-refractivity contribution is 0.122. The number of ether oxygens (including phenoxy) is 1. The van der Waals surface area contributed by atoms with Crippen molar-refractivity contribution >= 4 is 48.7 Å². The Bertz CT molecular complexity index is 1530. The zero-order valence-electron chi connectivity index (χ0n) is 19.7. The van der Waals surface area contributed by atoms with Crippen LogP contribution in [0.5, 0.6) is 0 Å². The SMILES string of the molecule is CC.CNc1ccc2sc3c(-c4cccn5c(=O)cc(N6CCOCC6)nc45)cccc3c2c1. The van der Waals surface area contributed by atoms with E-state index in [0.29, 0.717) is 24.7 Å². The highest BCUT2D eigenvalue weighted by Gasteiger charge is 2.18. The van der Waals surface area contributed by atoms with Gasteiger partial charge in [0.15, 0.2) is 0 Å². The third-order valence-electron chi connectivity index (χ3n) is 6.09. The van der Waals surface area contributed by atoms with Crippen LogP contribution < -0.4 is 15.8 Å². The van der Waals surface area contributed by atoms with Gasteiger partial charge in [0.25, 0.3) is 5.56 Å². The largest absolute Gasteiger partial charge is 0.388 e. The molecule has 6 nitrogen and oxygen atoms in total. The summed E-state index contributed by atoms with van der Waals surface area (Å²) in [6, 6.07) is 18.4. The van der Waals surface area contributed by atoms with E-state index in [-0.39, 0.29) is 5.56 Å². The molecule has 6 rings (SSSR count). The average molecular weight is 473 g/mol. The van der Waals surface area contributed by atoms with Crippen LogP contribution in [0.15, 0.2) is 65.6 Å². The van der Waals surface area contributed by atoms with Crippen LogP contribution in [0, 0.1) is 0 Å². The molecule has 0 bridgehead atoms. The van der Waals surface area contributed by atoms with Gasteiger partial charge in [0.2, 0.25) is 0 Å². The Kier molecular flexibility index (Phi) is 6.22. The van der Waals surface area contributed by atoms with Crippen LogP contribution in [0.4, 0.5) is 11.5 Å². The lowest BCUT2D eigenvalue weighted by atomic mass is 10.0. The molecule has 7 heteroatoms. The maximum atomic E-state index is 13.0. The molecule has 1 fully saturated rings. The summed E-state index contributed by atoms with van der Waals surface area (Å²) in [5, 5.41) is 5.68. The van der Waals surface area contributed by atoms with E-state index in [4.69, 9.17) is 9.72 Å². The average Bonchev–Trinajstić information content (AvgIpc) is 3.28. The lowest BCUT2D eigenvalue weighted by Gasteiger charge is -2.27. The van der Waals surface area contributed by atoms with Crippen LogP contribution >= 0.6 is 11.3 Å². The molecule has 4 heterocycles. The van der Waals surface area contributed by atoms with Crippen molar-refractivity contribution in [3.8, 4) is 11.1 Å². The van der Waals surface area contributed by atoms with Crippen LogP contribution in [-0.4, -0.2) is 42.7 Å². The van der Waals surface area contributed by atoms with Gasteiger partial charge < -0.3 is 15.0 Å². The number of morpholine rings is 1. The predicted octanol–water partition coefficient (Wildman–Crippen LogP) is 5.63. The Morgan fingerprint density at radius 1 is 0.971 bits per heavy atom. The van der Waals surface area contributed by atoms with Crippen molar-refractivity contribution < 1.29 is 4.74 Å². The van der Waals surface area contributed by atoms with Crippen molar-refractivity contribution in [2.75, 3.05) is 43.6 Å². The fourth-order valence-corrected chi connectivity index (χ4v) is 5.65. The van der Waals surface area contributed by atoms with Crippen molar-refractivity contribution in [3.05, 3.63) is 71.1 Å². The summed E-state index contributed by atoms with van der Waals surface area (Å²) in [7, 11) is 1.94. The van der Waals surface area contributed by atoms with Crippen molar-refractivity contribution in [1.29, 1.82) is 0 Å². The zero-order valence-corrected chi connectivity index (χ0v) is 20.5. The van der Waals surface area contributed by atoms with Crippen LogP contribution in [0.1, 0.15) is 13.8 Å². The summed E-state index contributed by atoms with van der Waals surface area (Å²) < 4.78 is 9.56. The number of rotatable bonds is 3. The van der Waals surface area contributed by atoms with Crippen LogP contribution in [0.25, 0.3) is 36.9 Å². The smallest absolute Gasteiger partial charge is 0.259 e. The molecule has 1 N–H and O–H groups in total. The number of fused-ring (bicyclic) bond motifs is 4. The number of aromatic nitrogens is 2. The fraction of sp³-hybridized carbons (Fsp3) is 0.259. The molecular weight excluding hydrogens is 444 g/mol. The van der Waals surface area contributed by atoms with E-state index in [0.717, 1.165) is 29.9 Å². The van der Waals surface area contributed by atoms with E-state index in [1.165, 1.54) is 20.2 Å². The van der Waals surface area contributed by atoms with Gasteiger partial charge in [-0.05, 0) is 30.3 Å². The van der Waals surface area contributed by atoms with Gasteiger partial charge in [-0.2, -0.15) is 0 Å². The minimum Gasteiger partial charge on any atom is -0.388 e. The third-order valence-corrected chi connectivity index (χ3v) is 7.31. The summed E-state index contributed by atoms with van der Waals surface area (Å²) in [5.74, 6) is 0.716. The Morgan fingerprint density at radius 2 is 1.76 bits per heavy atom. The highest BCUT2D eigenvalue weighted by atomic mass is 32.1. The first-order valence-corrected chi connectivity index (χ1v) is 12.5. The summed E-state index contributed by atoms with van der Waals surface area (Å²) in [6.45, 7) is 6.78. The van der Waals surface area contributed by atoms with E-state index in [1.807, 2.05) is 27.0 Å². The zero-order chi connectivity index (χ0) is 23.7. The molecule has 0 saturated carbocycles. The summed E-state index contributed by atoms with van der Waals surface area (Å²) in [4.78, 5) is 20.0. The van der Waals surface area contributed by atoms with E-state index in [1.54, 1.807) is 28.0 Å². The predicted molar refractivity (Wildman–Crippen MR) is 144 cm³/mol. The lowest BCUT2D eigenvalue weighted by Crippen LogP contribution is -2.37. The summed E-state index contributed by atoms with van der Waals surface area (Å²) >= 11 is 1.78. The van der Waals surface area contributed by atoms with E-state index in [9.17, 15) is 4.79 Å². The van der Waals surface area contributed by atoms with Crippen molar-refractivity contribution in [2.24, 2.45) is 0 Å². The Hall–Kier alpha value is -3.42. The van der Waals surface area contributed by atoms with Gasteiger partial charge in [0.1, 0.15) is 11.5 Å². The number of anilines is 2. The monoisotopic (exact) mass is 472 g/mol. The van der Waals surface area contributed by atoms with Crippen molar-refractivity contribution in [2.45, 2.75) is 13.8 Å². The topological polar surface area (TPSA) is 58.9 Å². The number of benzene rings is 2. The van der Waals surface area contributed by atoms with Gasteiger partial charge in [0.05, 0.1) is 13.2 Å². The Balaban J connectivity index is 0.00000117. The Morgan fingerprint density at radius 3 is 2.56 bits per heavy atom. The highest BCUT2D eigenvalue weighted by Crippen LogP contribution is 2.41. The number of thiophene rings is 1. The second kappa shape index (κ2) is 9.44. The first-order chi connectivity index (χ1) is 16.7. The highest BCUT2D eigenvalue weighted by molar-refractivity contribution is 7.26. The molecule has 0 aliphatic carbocycles. The standard InChI is InChI=1S/C25H22N4O2S.C2H6/c1-26-16-7-8-21-20(14-16)18-5-2-4-17(24(18)32-21)19-6-3-9-29-23(30)15-22(27-25(19)29)28-10-12-31-13-11-28;1-2/h2-9,14-15,26H,10-13H2,1H3;1-2H3. The minimum absolute atomic E-state index is 0.0690. The number of pyridine rings is 1. The molecule has 1 aliphatic rings. The number of hydrogen-bond donors (Lipinski definition) is 1. The van der Waals surface area contributed by atoms with Gasteiger partial charge in [-0.3, -0.25) is 9.20 Å². The molecule has 0 radical (unpaired) electrons. The summed E-state index contributed by atoms with van der Waals surface area (Å²) in [5.41, 5.74) is 3.77. The van der Waals surface area contributed by atoms with E-state index in [2.05, 4.69) is 52.7 Å². The van der Waals surface area contributed by atoms with E-state index < -0.39 is 0 Å². The second-order valence-corrected chi connectivity index (χ2v) is 8.96. The molecule has 5 aromatic rings. The quantitative estimate of drug-likeness (QED) is 0.369. The molecule has 1 aliphatic heterocycles. The van der Waals surface area contributed by atoms with Gasteiger partial charge in [0, 0.05) is 69.4 Å².